The number of amides is 1. The number of non-ortho nitro benzene ring substituents is 1. The van der Waals surface area contributed by atoms with E-state index in [9.17, 15) is 19.3 Å². The van der Waals surface area contributed by atoms with Gasteiger partial charge in [-0.15, -0.1) is 0 Å². The Morgan fingerprint density at radius 3 is 2.66 bits per heavy atom. The van der Waals surface area contributed by atoms with Crippen LogP contribution in [0.4, 0.5) is 15.8 Å². The van der Waals surface area contributed by atoms with Crippen LogP contribution in [0.2, 0.25) is 0 Å². The molecule has 1 aliphatic heterocycles. The summed E-state index contributed by atoms with van der Waals surface area (Å²) >= 11 is 1.17. The zero-order valence-corrected chi connectivity index (χ0v) is 17.3. The number of hydrogen-bond donors (Lipinski definition) is 1. The Balaban J connectivity index is 1.51. The maximum absolute atomic E-state index is 13.1. The number of benzene rings is 3. The van der Waals surface area contributed by atoms with Gasteiger partial charge in [-0.05, 0) is 53.7 Å². The van der Waals surface area contributed by atoms with Gasteiger partial charge < -0.3 is 10.1 Å². The summed E-state index contributed by atoms with van der Waals surface area (Å²) in [5.41, 5.74) is 1.85. The Kier molecular flexibility index (Phi) is 6.27. The quantitative estimate of drug-likeness (QED) is 0.317. The minimum Gasteiger partial charge on any atom is -0.488 e. The Hall–Kier alpha value is -3.98. The lowest BCUT2D eigenvalue weighted by molar-refractivity contribution is -0.384. The highest BCUT2D eigenvalue weighted by Crippen LogP contribution is 2.31. The van der Waals surface area contributed by atoms with Crippen LogP contribution in [-0.2, 0) is 11.4 Å². The number of ether oxygens (including phenoxy) is 1. The topological polar surface area (TPSA) is 93.8 Å². The van der Waals surface area contributed by atoms with Crippen LogP contribution < -0.4 is 10.1 Å². The first-order valence-electron chi connectivity index (χ1n) is 9.48. The van der Waals surface area contributed by atoms with E-state index in [2.05, 4.69) is 10.3 Å². The minimum atomic E-state index is -0.455. The normalized spacial score (nSPS) is 15.7. The zero-order chi connectivity index (χ0) is 22.5. The zero-order valence-electron chi connectivity index (χ0n) is 16.5. The standard InChI is InChI=1S/C23H16FN3O4S/c24-17-8-10-18(11-9-17)25-23-26-22(28)21(32-23)13-16-5-1-2-7-20(16)31-14-15-4-3-6-19(12-15)27(29)30/h1-13H,14H2,(H,25,26,28)/b21-13+. The molecular weight excluding hydrogens is 433 g/mol. The van der Waals surface area contributed by atoms with Crippen LogP contribution in [0.15, 0.2) is 82.7 Å². The highest BCUT2D eigenvalue weighted by atomic mass is 32.2. The second-order valence-corrected chi connectivity index (χ2v) is 7.74. The predicted molar refractivity (Wildman–Crippen MR) is 121 cm³/mol. The molecule has 0 spiro atoms. The molecule has 0 aliphatic carbocycles. The molecule has 160 valence electrons. The molecule has 9 heteroatoms. The largest absolute Gasteiger partial charge is 0.488 e. The van der Waals surface area contributed by atoms with Gasteiger partial charge in [0.2, 0.25) is 0 Å². The fourth-order valence-corrected chi connectivity index (χ4v) is 3.74. The number of nitrogens with zero attached hydrogens (tertiary/aromatic N) is 2. The third kappa shape index (κ3) is 5.19. The van der Waals surface area contributed by atoms with E-state index >= 15 is 0 Å². The molecule has 0 saturated carbocycles. The number of para-hydroxylation sites is 1. The van der Waals surface area contributed by atoms with Crippen molar-refractivity contribution in [3.05, 3.63) is 105 Å². The molecule has 1 saturated heterocycles. The highest BCUT2D eigenvalue weighted by Gasteiger charge is 2.24. The van der Waals surface area contributed by atoms with E-state index < -0.39 is 4.92 Å². The molecule has 0 aromatic heterocycles. The minimum absolute atomic E-state index is 0.00602. The molecule has 0 radical (unpaired) electrons. The van der Waals surface area contributed by atoms with Gasteiger partial charge >= 0.3 is 0 Å². The van der Waals surface area contributed by atoms with E-state index in [-0.39, 0.29) is 24.0 Å². The van der Waals surface area contributed by atoms with Gasteiger partial charge in [0.15, 0.2) is 5.17 Å². The fourth-order valence-electron chi connectivity index (χ4n) is 2.91. The van der Waals surface area contributed by atoms with Crippen molar-refractivity contribution in [2.24, 2.45) is 4.99 Å². The number of halogens is 1. The molecule has 1 aliphatic rings. The number of hydrogen-bond acceptors (Lipinski definition) is 6. The Labute approximate surface area is 186 Å². The van der Waals surface area contributed by atoms with E-state index in [4.69, 9.17) is 4.74 Å². The Morgan fingerprint density at radius 2 is 1.88 bits per heavy atom. The van der Waals surface area contributed by atoms with Crippen molar-refractivity contribution in [3.63, 3.8) is 0 Å². The number of thioether (sulfide) groups is 1. The van der Waals surface area contributed by atoms with Gasteiger partial charge in [0.25, 0.3) is 11.6 Å². The van der Waals surface area contributed by atoms with Crippen molar-refractivity contribution in [2.75, 3.05) is 0 Å². The maximum atomic E-state index is 13.1. The number of nitro benzene ring substituents is 1. The number of nitro groups is 1. The Bertz CT molecular complexity index is 1240. The van der Waals surface area contributed by atoms with Crippen molar-refractivity contribution >= 4 is 40.3 Å². The van der Waals surface area contributed by atoms with Crippen molar-refractivity contribution in [3.8, 4) is 5.75 Å². The van der Waals surface area contributed by atoms with Crippen LogP contribution in [-0.4, -0.2) is 16.0 Å². The van der Waals surface area contributed by atoms with Crippen molar-refractivity contribution in [1.82, 2.24) is 5.32 Å². The van der Waals surface area contributed by atoms with E-state index in [0.29, 0.717) is 32.6 Å². The third-order valence-electron chi connectivity index (χ3n) is 4.43. The van der Waals surface area contributed by atoms with Gasteiger partial charge in [-0.3, -0.25) is 14.9 Å². The van der Waals surface area contributed by atoms with Crippen LogP contribution in [0.3, 0.4) is 0 Å². The van der Waals surface area contributed by atoms with Crippen LogP contribution in [0.5, 0.6) is 5.75 Å². The molecule has 0 atom stereocenters. The number of rotatable bonds is 6. The molecule has 1 amide bonds. The van der Waals surface area contributed by atoms with E-state index in [0.717, 1.165) is 0 Å². The number of carbonyl (C=O) groups excluding carboxylic acids is 1. The first kappa shape index (κ1) is 21.3. The van der Waals surface area contributed by atoms with Crippen molar-refractivity contribution in [2.45, 2.75) is 6.61 Å². The van der Waals surface area contributed by atoms with E-state index in [1.807, 2.05) is 6.07 Å². The summed E-state index contributed by atoms with van der Waals surface area (Å²) in [7, 11) is 0. The molecule has 3 aromatic carbocycles. The van der Waals surface area contributed by atoms with Gasteiger partial charge in [0.1, 0.15) is 18.2 Å². The molecule has 3 aromatic rings. The molecule has 1 N–H and O–H groups in total. The van der Waals surface area contributed by atoms with Gasteiger partial charge in [-0.1, -0.05) is 30.3 Å². The van der Waals surface area contributed by atoms with Crippen molar-refractivity contribution in [1.29, 1.82) is 0 Å². The van der Waals surface area contributed by atoms with Gasteiger partial charge in [-0.2, -0.15) is 0 Å². The number of amidine groups is 1. The lowest BCUT2D eigenvalue weighted by Crippen LogP contribution is -2.19. The summed E-state index contributed by atoms with van der Waals surface area (Å²) in [5.74, 6) is -0.132. The summed E-state index contributed by atoms with van der Waals surface area (Å²) in [6, 6.07) is 19.0. The number of carbonyl (C=O) groups is 1. The number of aliphatic imine (C=N–C) groups is 1. The average molecular weight is 449 g/mol. The van der Waals surface area contributed by atoms with Crippen LogP contribution in [0.25, 0.3) is 6.08 Å². The molecule has 1 heterocycles. The van der Waals surface area contributed by atoms with Crippen LogP contribution in [0.1, 0.15) is 11.1 Å². The molecule has 4 rings (SSSR count). The second kappa shape index (κ2) is 9.44. The summed E-state index contributed by atoms with van der Waals surface area (Å²) in [5, 5.41) is 14.0. The van der Waals surface area contributed by atoms with Gasteiger partial charge in [-0.25, -0.2) is 9.38 Å². The maximum Gasteiger partial charge on any atom is 0.269 e. The SMILES string of the molecule is O=C1NC(=Nc2ccc(F)cc2)S/C1=C/c1ccccc1OCc1cccc([N+](=O)[O-])c1. The highest BCUT2D eigenvalue weighted by molar-refractivity contribution is 8.18. The van der Waals surface area contributed by atoms with Crippen LogP contribution >= 0.6 is 11.8 Å². The smallest absolute Gasteiger partial charge is 0.269 e. The molecule has 7 nitrogen and oxygen atoms in total. The third-order valence-corrected chi connectivity index (χ3v) is 5.34. The summed E-state index contributed by atoms with van der Waals surface area (Å²) in [6.07, 6.45) is 1.69. The molecule has 1 fully saturated rings. The van der Waals surface area contributed by atoms with E-state index in [1.54, 1.807) is 36.4 Å². The Morgan fingerprint density at radius 1 is 1.09 bits per heavy atom. The molecule has 0 unspecified atom stereocenters. The summed E-state index contributed by atoms with van der Waals surface area (Å²) in [4.78, 5) is 27.6. The first-order valence-corrected chi connectivity index (χ1v) is 10.3. The van der Waals surface area contributed by atoms with Crippen LogP contribution in [0, 0.1) is 15.9 Å². The summed E-state index contributed by atoms with van der Waals surface area (Å²) in [6.45, 7) is 0.137. The molecule has 32 heavy (non-hydrogen) atoms. The average Bonchev–Trinajstić information content (AvgIpc) is 3.13. The first-order chi connectivity index (χ1) is 15.5. The van der Waals surface area contributed by atoms with E-state index in [1.165, 1.54) is 48.2 Å². The molecular formula is C23H16FN3O4S. The lowest BCUT2D eigenvalue weighted by atomic mass is 10.1. The second-order valence-electron chi connectivity index (χ2n) is 6.71. The number of nitrogens with one attached hydrogen (secondary N) is 1. The van der Waals surface area contributed by atoms with Gasteiger partial charge in [0.05, 0.1) is 15.5 Å². The predicted octanol–water partition coefficient (Wildman–Crippen LogP) is 5.20. The van der Waals surface area contributed by atoms with Crippen molar-refractivity contribution < 1.29 is 18.8 Å². The summed E-state index contributed by atoms with van der Waals surface area (Å²) < 4.78 is 18.9. The van der Waals surface area contributed by atoms with Gasteiger partial charge in [0, 0.05) is 17.7 Å². The lowest BCUT2D eigenvalue weighted by Gasteiger charge is -2.09. The fraction of sp³-hybridized carbons (Fsp3) is 0.0435. The molecule has 0 bridgehead atoms. The monoisotopic (exact) mass is 449 g/mol.